The van der Waals surface area contributed by atoms with Gasteiger partial charge in [0.2, 0.25) is 0 Å². The maximum Gasteiger partial charge on any atom is 0.336 e. The molecule has 4 aromatic rings. The number of hydrogen-bond acceptors (Lipinski definition) is 6. The van der Waals surface area contributed by atoms with Gasteiger partial charge >= 0.3 is 5.97 Å². The van der Waals surface area contributed by atoms with Crippen LogP contribution >= 0.6 is 11.8 Å². The van der Waals surface area contributed by atoms with Crippen LogP contribution in [0.15, 0.2) is 108 Å². The molecule has 7 nitrogen and oxygen atoms in total. The number of carboxylic acid groups (broad SMARTS) is 1. The van der Waals surface area contributed by atoms with Crippen molar-refractivity contribution in [3.05, 3.63) is 131 Å². The molecule has 0 spiro atoms. The van der Waals surface area contributed by atoms with E-state index >= 15 is 0 Å². The summed E-state index contributed by atoms with van der Waals surface area (Å²) in [5.41, 5.74) is 3.95. The van der Waals surface area contributed by atoms with Gasteiger partial charge in [-0.3, -0.25) is 4.79 Å². The van der Waals surface area contributed by atoms with E-state index in [9.17, 15) is 19.8 Å². The van der Waals surface area contributed by atoms with Crippen LogP contribution in [0.5, 0.6) is 0 Å². The Bertz CT molecular complexity index is 1490. The molecule has 0 aliphatic carbocycles. The number of ether oxygens (including phenoxy) is 2. The molecule has 0 radical (unpaired) electrons. The number of hydrogen-bond donors (Lipinski definition) is 3. The van der Waals surface area contributed by atoms with Crippen LogP contribution in [0.3, 0.4) is 0 Å². The lowest BCUT2D eigenvalue weighted by Gasteiger charge is -2.41. The van der Waals surface area contributed by atoms with Crippen molar-refractivity contribution in [2.24, 2.45) is 5.92 Å². The molecule has 1 heterocycles. The van der Waals surface area contributed by atoms with Gasteiger partial charge in [0, 0.05) is 33.4 Å². The Morgan fingerprint density at radius 2 is 1.59 bits per heavy atom. The third-order valence-electron chi connectivity index (χ3n) is 7.10. The number of carbonyl (C=O) groups is 2. The molecule has 1 aliphatic heterocycles. The third-order valence-corrected chi connectivity index (χ3v) is 8.26. The Kier molecular flexibility index (Phi) is 9.16. The molecule has 3 N–H and O–H groups in total. The minimum absolute atomic E-state index is 0.0448. The number of nitrogens with one attached hydrogen (secondary N) is 1. The van der Waals surface area contributed by atoms with Crippen molar-refractivity contribution in [3.8, 4) is 0 Å². The number of thioether (sulfide) groups is 1. The summed E-state index contributed by atoms with van der Waals surface area (Å²) in [6.07, 6.45) is -1.31. The zero-order valence-electron chi connectivity index (χ0n) is 22.5. The smallest absolute Gasteiger partial charge is 0.336 e. The molecular formula is C33H31NO6S. The van der Waals surface area contributed by atoms with Gasteiger partial charge in [0.1, 0.15) is 0 Å². The van der Waals surface area contributed by atoms with Gasteiger partial charge in [0.05, 0.1) is 24.4 Å². The summed E-state index contributed by atoms with van der Waals surface area (Å²) in [6, 6.07) is 31.0. The average Bonchev–Trinajstić information content (AvgIpc) is 3.01. The van der Waals surface area contributed by atoms with Crippen LogP contribution in [0.2, 0.25) is 0 Å². The second-order valence-corrected chi connectivity index (χ2v) is 10.9. The van der Waals surface area contributed by atoms with Crippen molar-refractivity contribution in [3.63, 3.8) is 0 Å². The van der Waals surface area contributed by atoms with Crippen molar-refractivity contribution in [2.45, 2.75) is 36.9 Å². The van der Waals surface area contributed by atoms with Gasteiger partial charge in [0.25, 0.3) is 5.91 Å². The van der Waals surface area contributed by atoms with Gasteiger partial charge in [-0.1, -0.05) is 73.7 Å². The first-order valence-electron chi connectivity index (χ1n) is 13.3. The van der Waals surface area contributed by atoms with E-state index in [1.165, 1.54) is 11.8 Å². The van der Waals surface area contributed by atoms with E-state index < -0.39 is 12.3 Å². The zero-order chi connectivity index (χ0) is 28.8. The van der Waals surface area contributed by atoms with Crippen LogP contribution < -0.4 is 5.32 Å². The van der Waals surface area contributed by atoms with Crippen LogP contribution in [0, 0.1) is 5.92 Å². The Hall–Kier alpha value is -3.95. The van der Waals surface area contributed by atoms with Crippen LogP contribution in [0.1, 0.15) is 56.7 Å². The standard InChI is InChI=1S/C33H31NO6S/c1-21-28(20-41-29-13-6-5-12-27(29)32(37)38)39-33(40-30(21)23-16-14-22(19-35)15-17-23)25-10-7-11-26(18-25)34-31(36)24-8-3-2-4-9-24/h2-18,21,28,30,33,35H,19-20H2,1H3,(H,34,36)(H,37,38)/t21-,28+,30+,33+/m1/s1. The number of rotatable bonds is 9. The van der Waals surface area contributed by atoms with Crippen molar-refractivity contribution in [1.29, 1.82) is 0 Å². The summed E-state index contributed by atoms with van der Waals surface area (Å²) in [5.74, 6) is -0.726. The van der Waals surface area contributed by atoms with E-state index in [4.69, 9.17) is 9.47 Å². The van der Waals surface area contributed by atoms with E-state index in [-0.39, 0.29) is 36.2 Å². The van der Waals surface area contributed by atoms with Gasteiger partial charge in [-0.15, -0.1) is 11.8 Å². The number of amides is 1. The summed E-state index contributed by atoms with van der Waals surface area (Å²) in [6.45, 7) is 2.02. The van der Waals surface area contributed by atoms with E-state index in [0.29, 0.717) is 21.9 Å². The molecule has 0 bridgehead atoms. The molecule has 0 unspecified atom stereocenters. The van der Waals surface area contributed by atoms with Crippen molar-refractivity contribution in [1.82, 2.24) is 0 Å². The number of aromatic carboxylic acids is 1. The molecule has 1 fully saturated rings. The Morgan fingerprint density at radius 3 is 2.32 bits per heavy atom. The molecule has 1 aliphatic rings. The first-order valence-corrected chi connectivity index (χ1v) is 14.3. The molecule has 5 rings (SSSR count). The number of carboxylic acids is 1. The van der Waals surface area contributed by atoms with Crippen LogP contribution in [-0.2, 0) is 16.1 Å². The summed E-state index contributed by atoms with van der Waals surface area (Å²) in [4.78, 5) is 25.2. The Balaban J connectivity index is 1.40. The molecule has 210 valence electrons. The monoisotopic (exact) mass is 569 g/mol. The predicted molar refractivity (Wildman–Crippen MR) is 158 cm³/mol. The molecule has 1 amide bonds. The van der Waals surface area contributed by atoms with E-state index in [1.54, 1.807) is 30.3 Å². The van der Waals surface area contributed by atoms with Crippen LogP contribution in [0.25, 0.3) is 0 Å². The summed E-state index contributed by atoms with van der Waals surface area (Å²) >= 11 is 1.44. The van der Waals surface area contributed by atoms with Crippen molar-refractivity contribution in [2.75, 3.05) is 11.1 Å². The summed E-state index contributed by atoms with van der Waals surface area (Å²) in [7, 11) is 0. The molecule has 8 heteroatoms. The fraction of sp³-hybridized carbons (Fsp3) is 0.212. The lowest BCUT2D eigenvalue weighted by molar-refractivity contribution is -0.268. The minimum atomic E-state index is -0.969. The van der Waals surface area contributed by atoms with Crippen molar-refractivity contribution < 1.29 is 29.3 Å². The highest BCUT2D eigenvalue weighted by Gasteiger charge is 2.38. The van der Waals surface area contributed by atoms with Gasteiger partial charge in [-0.25, -0.2) is 4.79 Å². The first-order chi connectivity index (χ1) is 19.9. The molecule has 0 saturated carbocycles. The molecule has 41 heavy (non-hydrogen) atoms. The highest BCUT2D eigenvalue weighted by molar-refractivity contribution is 7.99. The van der Waals surface area contributed by atoms with Crippen LogP contribution in [0.4, 0.5) is 5.69 Å². The topological polar surface area (TPSA) is 105 Å². The number of anilines is 1. The van der Waals surface area contributed by atoms with E-state index in [0.717, 1.165) is 16.7 Å². The number of aliphatic hydroxyl groups excluding tert-OH is 1. The quantitative estimate of drug-likeness (QED) is 0.192. The lowest BCUT2D eigenvalue weighted by atomic mass is 9.91. The maximum absolute atomic E-state index is 12.7. The predicted octanol–water partition coefficient (Wildman–Crippen LogP) is 6.71. The largest absolute Gasteiger partial charge is 0.478 e. The molecule has 1 saturated heterocycles. The minimum Gasteiger partial charge on any atom is -0.478 e. The highest BCUT2D eigenvalue weighted by Crippen LogP contribution is 2.43. The number of carbonyl (C=O) groups excluding carboxylic acids is 1. The zero-order valence-corrected chi connectivity index (χ0v) is 23.3. The lowest BCUT2D eigenvalue weighted by Crippen LogP contribution is -2.38. The number of benzene rings is 4. The first kappa shape index (κ1) is 28.6. The molecule has 4 aromatic carbocycles. The van der Waals surface area contributed by atoms with Gasteiger partial charge in [0.15, 0.2) is 6.29 Å². The van der Waals surface area contributed by atoms with Crippen LogP contribution in [-0.4, -0.2) is 33.9 Å². The van der Waals surface area contributed by atoms with Crippen molar-refractivity contribution >= 4 is 29.3 Å². The second-order valence-electron chi connectivity index (χ2n) is 9.88. The average molecular weight is 570 g/mol. The second kappa shape index (κ2) is 13.1. The van der Waals surface area contributed by atoms with E-state index in [1.807, 2.05) is 72.8 Å². The fourth-order valence-electron chi connectivity index (χ4n) is 4.81. The fourth-order valence-corrected chi connectivity index (χ4v) is 6.02. The third kappa shape index (κ3) is 6.86. The maximum atomic E-state index is 12.7. The normalized spacial score (nSPS) is 20.3. The molecule has 0 aromatic heterocycles. The van der Waals surface area contributed by atoms with Gasteiger partial charge in [-0.2, -0.15) is 0 Å². The highest BCUT2D eigenvalue weighted by atomic mass is 32.2. The Morgan fingerprint density at radius 1 is 0.854 bits per heavy atom. The molecule has 4 atom stereocenters. The molecular weight excluding hydrogens is 538 g/mol. The Labute approximate surface area is 243 Å². The number of aliphatic hydroxyl groups is 1. The van der Waals surface area contributed by atoms with E-state index in [2.05, 4.69) is 12.2 Å². The summed E-state index contributed by atoms with van der Waals surface area (Å²) in [5, 5.41) is 22.1. The SMILES string of the molecule is C[C@@H]1[C@H](CSc2ccccc2C(=O)O)O[C@H](c2cccc(NC(=O)c3ccccc3)c2)O[C@@H]1c1ccc(CO)cc1. The van der Waals surface area contributed by atoms with Gasteiger partial charge < -0.3 is 25.0 Å². The summed E-state index contributed by atoms with van der Waals surface area (Å²) < 4.78 is 13.0. The van der Waals surface area contributed by atoms with Gasteiger partial charge in [-0.05, 0) is 47.5 Å².